The molecule has 118 valence electrons. The Balaban J connectivity index is 1.81. The molecule has 0 radical (unpaired) electrons. The van der Waals surface area contributed by atoms with E-state index in [2.05, 4.69) is 77.0 Å². The minimum absolute atomic E-state index is 0.560. The lowest BCUT2D eigenvalue weighted by Gasteiger charge is -2.25. The Labute approximate surface area is 138 Å². The van der Waals surface area contributed by atoms with E-state index in [9.17, 15) is 0 Å². The van der Waals surface area contributed by atoms with Crippen molar-refractivity contribution < 1.29 is 4.57 Å². The summed E-state index contributed by atoms with van der Waals surface area (Å²) in [4.78, 5) is 0. The van der Waals surface area contributed by atoms with Gasteiger partial charge in [0.05, 0.1) is 0 Å². The van der Waals surface area contributed by atoms with Crippen molar-refractivity contribution in [2.75, 3.05) is 0 Å². The summed E-state index contributed by atoms with van der Waals surface area (Å²) in [6, 6.07) is 20.0. The average Bonchev–Trinajstić information content (AvgIpc) is 3.02. The Morgan fingerprint density at radius 3 is 2.39 bits per heavy atom. The second-order valence-corrected chi connectivity index (χ2v) is 6.86. The molecule has 0 spiro atoms. The van der Waals surface area contributed by atoms with Gasteiger partial charge in [-0.2, -0.15) is 4.57 Å². The van der Waals surface area contributed by atoms with Gasteiger partial charge in [-0.15, -0.1) is 0 Å². The monoisotopic (exact) mass is 305 g/mol. The Bertz CT molecular complexity index is 782. The molecule has 1 atom stereocenters. The lowest BCUT2D eigenvalue weighted by Crippen LogP contribution is -2.41. The second kappa shape index (κ2) is 6.19. The fraction of sp³-hybridized carbons (Fsp3) is 0.381. The van der Waals surface area contributed by atoms with Crippen LogP contribution in [-0.4, -0.2) is 4.57 Å². The molecule has 1 aliphatic carbocycles. The smallest absolute Gasteiger partial charge is 0.227 e. The highest BCUT2D eigenvalue weighted by atomic mass is 15.2. The molecule has 2 nitrogen and oxygen atoms in total. The first-order valence-electron chi connectivity index (χ1n) is 8.91. The third-order valence-corrected chi connectivity index (χ3v) is 5.46. The maximum atomic E-state index is 2.50. The van der Waals surface area contributed by atoms with Crippen LogP contribution in [0.15, 0.2) is 60.9 Å². The van der Waals surface area contributed by atoms with Gasteiger partial charge in [-0.1, -0.05) is 49.6 Å². The topological polar surface area (TPSA) is 8.81 Å². The minimum atomic E-state index is 0.560. The minimum Gasteiger partial charge on any atom is -0.227 e. The van der Waals surface area contributed by atoms with Gasteiger partial charge in [-0.25, -0.2) is 4.57 Å². The molecule has 1 aromatic heterocycles. The van der Waals surface area contributed by atoms with Crippen LogP contribution >= 0.6 is 0 Å². The molecular weight excluding hydrogens is 280 g/mol. The number of rotatable bonds is 3. The molecule has 2 heteroatoms. The molecule has 2 aromatic carbocycles. The third kappa shape index (κ3) is 2.67. The van der Waals surface area contributed by atoms with E-state index in [1.165, 1.54) is 48.8 Å². The van der Waals surface area contributed by atoms with Crippen molar-refractivity contribution in [3.05, 3.63) is 60.9 Å². The molecule has 23 heavy (non-hydrogen) atoms. The Kier molecular flexibility index (Phi) is 3.90. The van der Waals surface area contributed by atoms with Crippen molar-refractivity contribution in [2.24, 2.45) is 5.92 Å². The predicted molar refractivity (Wildman–Crippen MR) is 94.8 cm³/mol. The molecular formula is C21H25N2+. The van der Waals surface area contributed by atoms with Gasteiger partial charge in [0.15, 0.2) is 11.0 Å². The fourth-order valence-corrected chi connectivity index (χ4v) is 4.10. The molecule has 3 aromatic rings. The van der Waals surface area contributed by atoms with E-state index in [4.69, 9.17) is 0 Å². The normalized spacial score (nSPS) is 17.4. The van der Waals surface area contributed by atoms with Gasteiger partial charge in [0.1, 0.15) is 11.7 Å². The van der Waals surface area contributed by atoms with E-state index in [0.29, 0.717) is 6.04 Å². The van der Waals surface area contributed by atoms with Crippen LogP contribution in [0.2, 0.25) is 0 Å². The molecule has 1 saturated carbocycles. The van der Waals surface area contributed by atoms with Crippen LogP contribution in [0.4, 0.5) is 0 Å². The van der Waals surface area contributed by atoms with E-state index in [1.807, 2.05) is 0 Å². The SMILES string of the molecule is C[C@@H](C1CCCCC1)[n+]1cn(-c2ccccc2)c2ccccc21. The maximum Gasteiger partial charge on any atom is 0.250 e. The lowest BCUT2D eigenvalue weighted by molar-refractivity contribution is -0.703. The van der Waals surface area contributed by atoms with E-state index < -0.39 is 0 Å². The van der Waals surface area contributed by atoms with E-state index in [-0.39, 0.29) is 0 Å². The van der Waals surface area contributed by atoms with E-state index in [0.717, 1.165) is 5.92 Å². The molecule has 1 heterocycles. The first-order chi connectivity index (χ1) is 11.3. The summed E-state index contributed by atoms with van der Waals surface area (Å²) >= 11 is 0. The summed E-state index contributed by atoms with van der Waals surface area (Å²) < 4.78 is 4.83. The Hall–Kier alpha value is -2.09. The number of aromatic nitrogens is 2. The van der Waals surface area contributed by atoms with Crippen LogP contribution in [0.25, 0.3) is 16.7 Å². The van der Waals surface area contributed by atoms with E-state index >= 15 is 0 Å². The van der Waals surface area contributed by atoms with Crippen molar-refractivity contribution in [3.8, 4) is 5.69 Å². The average molecular weight is 305 g/mol. The van der Waals surface area contributed by atoms with Gasteiger partial charge in [0.2, 0.25) is 6.33 Å². The quantitative estimate of drug-likeness (QED) is 0.598. The number of imidazole rings is 1. The van der Waals surface area contributed by atoms with Gasteiger partial charge in [-0.05, 0) is 49.9 Å². The zero-order valence-corrected chi connectivity index (χ0v) is 13.9. The highest BCUT2D eigenvalue weighted by molar-refractivity contribution is 5.74. The standard InChI is InChI=1S/C21H25N2/c1-17(18-10-4-2-5-11-18)22-16-23(19-12-6-3-7-13-19)21-15-9-8-14-20(21)22/h3,6-9,12-18H,2,4-5,10-11H2,1H3/q+1/t17-/m0/s1. The Morgan fingerprint density at radius 2 is 1.61 bits per heavy atom. The molecule has 0 saturated heterocycles. The largest absolute Gasteiger partial charge is 0.250 e. The molecule has 4 rings (SSSR count). The van der Waals surface area contributed by atoms with Crippen LogP contribution in [0.3, 0.4) is 0 Å². The van der Waals surface area contributed by atoms with Crippen molar-refractivity contribution in [1.82, 2.24) is 4.57 Å². The lowest BCUT2D eigenvalue weighted by atomic mass is 9.84. The highest BCUT2D eigenvalue weighted by Gasteiger charge is 2.28. The summed E-state index contributed by atoms with van der Waals surface area (Å²) in [5.74, 6) is 0.809. The molecule has 1 fully saturated rings. The first-order valence-corrected chi connectivity index (χ1v) is 8.91. The van der Waals surface area contributed by atoms with Gasteiger partial charge in [-0.3, -0.25) is 0 Å². The number of hydrogen-bond acceptors (Lipinski definition) is 0. The van der Waals surface area contributed by atoms with Crippen molar-refractivity contribution in [3.63, 3.8) is 0 Å². The summed E-state index contributed by atoms with van der Waals surface area (Å²) in [5, 5.41) is 0. The molecule has 0 unspecified atom stereocenters. The number of fused-ring (bicyclic) bond motifs is 1. The van der Waals surface area contributed by atoms with Gasteiger partial charge >= 0.3 is 0 Å². The molecule has 0 bridgehead atoms. The molecule has 0 aliphatic heterocycles. The number of para-hydroxylation sites is 3. The van der Waals surface area contributed by atoms with Crippen LogP contribution in [0.1, 0.15) is 45.1 Å². The second-order valence-electron chi connectivity index (χ2n) is 6.86. The van der Waals surface area contributed by atoms with Crippen LogP contribution in [-0.2, 0) is 0 Å². The highest BCUT2D eigenvalue weighted by Crippen LogP contribution is 2.31. The zero-order valence-electron chi connectivity index (χ0n) is 13.9. The summed E-state index contributed by atoms with van der Waals surface area (Å²) in [6.45, 7) is 2.40. The maximum absolute atomic E-state index is 2.50. The van der Waals surface area contributed by atoms with Crippen LogP contribution < -0.4 is 4.57 Å². The summed E-state index contributed by atoms with van der Waals surface area (Å²) in [7, 11) is 0. The molecule has 1 aliphatic rings. The number of benzene rings is 2. The van der Waals surface area contributed by atoms with Crippen molar-refractivity contribution >= 4 is 11.0 Å². The number of hydrogen-bond donors (Lipinski definition) is 0. The van der Waals surface area contributed by atoms with Gasteiger partial charge in [0, 0.05) is 0 Å². The predicted octanol–water partition coefficient (Wildman–Crippen LogP) is 5.06. The van der Waals surface area contributed by atoms with Crippen LogP contribution in [0, 0.1) is 5.92 Å². The fourth-order valence-electron chi connectivity index (χ4n) is 4.10. The van der Waals surface area contributed by atoms with Gasteiger partial charge < -0.3 is 0 Å². The van der Waals surface area contributed by atoms with Crippen molar-refractivity contribution in [1.29, 1.82) is 0 Å². The van der Waals surface area contributed by atoms with E-state index in [1.54, 1.807) is 0 Å². The first kappa shape index (κ1) is 14.5. The number of nitrogens with zero attached hydrogens (tertiary/aromatic N) is 2. The van der Waals surface area contributed by atoms with Crippen LogP contribution in [0.5, 0.6) is 0 Å². The molecule has 0 N–H and O–H groups in total. The molecule has 0 amide bonds. The summed E-state index contributed by atoms with van der Waals surface area (Å²) in [6.07, 6.45) is 9.26. The third-order valence-electron chi connectivity index (χ3n) is 5.46. The van der Waals surface area contributed by atoms with Gasteiger partial charge in [0.25, 0.3) is 0 Å². The summed E-state index contributed by atoms with van der Waals surface area (Å²) in [5.41, 5.74) is 3.87. The zero-order chi connectivity index (χ0) is 15.6. The Morgan fingerprint density at radius 1 is 0.913 bits per heavy atom. The van der Waals surface area contributed by atoms with Crippen molar-refractivity contribution in [2.45, 2.75) is 45.1 Å².